The molecular formula is C18H32N2O. The summed E-state index contributed by atoms with van der Waals surface area (Å²) in [6.07, 6.45) is 15.8. The third-order valence-corrected chi connectivity index (χ3v) is 4.14. The van der Waals surface area contributed by atoms with Gasteiger partial charge in [-0.1, -0.05) is 58.3 Å². The molecule has 1 rings (SSSR count). The Bertz CT molecular complexity index is 384. The van der Waals surface area contributed by atoms with Crippen molar-refractivity contribution in [1.82, 2.24) is 9.78 Å². The maximum Gasteiger partial charge on any atom is 0.133 e. The molecule has 0 radical (unpaired) electrons. The Hall–Kier alpha value is -1.12. The zero-order valence-corrected chi connectivity index (χ0v) is 13.9. The second-order valence-electron chi connectivity index (χ2n) is 6.06. The molecule has 0 spiro atoms. The van der Waals surface area contributed by atoms with Crippen LogP contribution in [0.3, 0.4) is 0 Å². The van der Waals surface area contributed by atoms with Crippen molar-refractivity contribution in [2.24, 2.45) is 7.05 Å². The van der Waals surface area contributed by atoms with Crippen LogP contribution in [-0.4, -0.2) is 15.6 Å². The first-order chi connectivity index (χ1) is 10.2. The molecule has 0 aliphatic carbocycles. The highest BCUT2D eigenvalue weighted by Gasteiger charge is 2.05. The standard InChI is InChI=1S/C18H32N2O/c1-3-4-5-6-7-8-9-10-11-12-18(21)14-13-17-15-16-19-20(17)2/h15-16H,3-14H2,1-2H3. The van der Waals surface area contributed by atoms with E-state index in [9.17, 15) is 4.79 Å². The minimum absolute atomic E-state index is 0.402. The molecule has 0 atom stereocenters. The lowest BCUT2D eigenvalue weighted by molar-refractivity contribution is -0.119. The quantitative estimate of drug-likeness (QED) is 0.487. The number of rotatable bonds is 13. The Morgan fingerprint density at radius 3 is 2.19 bits per heavy atom. The summed E-state index contributed by atoms with van der Waals surface area (Å²) < 4.78 is 1.85. The van der Waals surface area contributed by atoms with Gasteiger partial charge in [0.25, 0.3) is 0 Å². The molecule has 120 valence electrons. The van der Waals surface area contributed by atoms with E-state index in [4.69, 9.17) is 0 Å². The average molecular weight is 292 g/mol. The number of carbonyl (C=O) groups excluding carboxylic acids is 1. The first-order valence-corrected chi connectivity index (χ1v) is 8.72. The molecule has 0 fully saturated rings. The minimum atomic E-state index is 0.402. The van der Waals surface area contributed by atoms with Crippen LogP contribution in [0.15, 0.2) is 12.3 Å². The Balaban J connectivity index is 1.91. The number of hydrogen-bond acceptors (Lipinski definition) is 2. The maximum absolute atomic E-state index is 11.8. The third kappa shape index (κ3) is 8.69. The second kappa shape index (κ2) is 11.5. The van der Waals surface area contributed by atoms with Crippen LogP contribution >= 0.6 is 0 Å². The Morgan fingerprint density at radius 2 is 1.62 bits per heavy atom. The fourth-order valence-electron chi connectivity index (χ4n) is 2.67. The largest absolute Gasteiger partial charge is 0.300 e. The third-order valence-electron chi connectivity index (χ3n) is 4.14. The van der Waals surface area contributed by atoms with Crippen molar-refractivity contribution in [3.05, 3.63) is 18.0 Å². The number of carbonyl (C=O) groups is 1. The first-order valence-electron chi connectivity index (χ1n) is 8.72. The summed E-state index contributed by atoms with van der Waals surface area (Å²) in [4.78, 5) is 11.8. The molecule has 1 heterocycles. The van der Waals surface area contributed by atoms with E-state index < -0.39 is 0 Å². The van der Waals surface area contributed by atoms with E-state index in [0.717, 1.165) is 25.0 Å². The molecular weight excluding hydrogens is 260 g/mol. The fraction of sp³-hybridized carbons (Fsp3) is 0.778. The average Bonchev–Trinajstić information content (AvgIpc) is 2.89. The smallest absolute Gasteiger partial charge is 0.133 e. The molecule has 0 bridgehead atoms. The lowest BCUT2D eigenvalue weighted by atomic mass is 10.0. The highest BCUT2D eigenvalue weighted by atomic mass is 16.1. The number of nitrogens with zero attached hydrogens (tertiary/aromatic N) is 2. The number of Topliss-reactive ketones (excluding diaryl/α,β-unsaturated/α-hetero) is 1. The van der Waals surface area contributed by atoms with Gasteiger partial charge < -0.3 is 0 Å². The number of unbranched alkanes of at least 4 members (excludes halogenated alkanes) is 8. The lowest BCUT2D eigenvalue weighted by Crippen LogP contribution is -2.04. The van der Waals surface area contributed by atoms with Crippen molar-refractivity contribution < 1.29 is 4.79 Å². The Labute approximate surface area is 130 Å². The van der Waals surface area contributed by atoms with Crippen LogP contribution in [-0.2, 0) is 18.3 Å². The predicted molar refractivity (Wildman–Crippen MR) is 88.4 cm³/mol. The summed E-state index contributed by atoms with van der Waals surface area (Å²) in [5.74, 6) is 0.402. The van der Waals surface area contributed by atoms with Crippen molar-refractivity contribution >= 4 is 5.78 Å². The zero-order chi connectivity index (χ0) is 15.3. The summed E-state index contributed by atoms with van der Waals surface area (Å²) in [6, 6.07) is 1.99. The SMILES string of the molecule is CCCCCCCCCCCC(=O)CCc1ccnn1C. The van der Waals surface area contributed by atoms with Gasteiger partial charge in [-0.05, 0) is 18.9 Å². The lowest BCUT2D eigenvalue weighted by Gasteiger charge is -2.03. The molecule has 0 aromatic carbocycles. The molecule has 0 aliphatic heterocycles. The van der Waals surface area contributed by atoms with Gasteiger partial charge in [0.05, 0.1) is 0 Å². The maximum atomic E-state index is 11.8. The minimum Gasteiger partial charge on any atom is -0.300 e. The van der Waals surface area contributed by atoms with E-state index in [1.807, 2.05) is 17.8 Å². The van der Waals surface area contributed by atoms with Gasteiger partial charge in [-0.15, -0.1) is 0 Å². The molecule has 21 heavy (non-hydrogen) atoms. The molecule has 0 amide bonds. The van der Waals surface area contributed by atoms with Crippen molar-refractivity contribution in [3.63, 3.8) is 0 Å². The van der Waals surface area contributed by atoms with Crippen LogP contribution in [0.4, 0.5) is 0 Å². The summed E-state index contributed by atoms with van der Waals surface area (Å²) >= 11 is 0. The van der Waals surface area contributed by atoms with E-state index in [2.05, 4.69) is 12.0 Å². The number of ketones is 1. The second-order valence-corrected chi connectivity index (χ2v) is 6.06. The zero-order valence-electron chi connectivity index (χ0n) is 13.9. The van der Waals surface area contributed by atoms with Gasteiger partial charge >= 0.3 is 0 Å². The topological polar surface area (TPSA) is 34.9 Å². The molecule has 0 saturated carbocycles. The van der Waals surface area contributed by atoms with Crippen molar-refractivity contribution in [3.8, 4) is 0 Å². The summed E-state index contributed by atoms with van der Waals surface area (Å²) in [5, 5.41) is 4.12. The molecule has 1 aromatic rings. The van der Waals surface area contributed by atoms with E-state index in [1.165, 1.54) is 51.4 Å². The van der Waals surface area contributed by atoms with E-state index in [-0.39, 0.29) is 0 Å². The highest BCUT2D eigenvalue weighted by molar-refractivity contribution is 5.78. The molecule has 0 aliphatic rings. The van der Waals surface area contributed by atoms with Crippen LogP contribution in [0.5, 0.6) is 0 Å². The van der Waals surface area contributed by atoms with Crippen LogP contribution in [0.25, 0.3) is 0 Å². The van der Waals surface area contributed by atoms with Gasteiger partial charge in [-0.25, -0.2) is 0 Å². The van der Waals surface area contributed by atoms with E-state index in [1.54, 1.807) is 6.20 Å². The van der Waals surface area contributed by atoms with Gasteiger partial charge in [0.2, 0.25) is 0 Å². The number of hydrogen-bond donors (Lipinski definition) is 0. The molecule has 1 aromatic heterocycles. The van der Waals surface area contributed by atoms with Crippen molar-refractivity contribution in [1.29, 1.82) is 0 Å². The molecule has 3 heteroatoms. The number of aryl methyl sites for hydroxylation is 2. The van der Waals surface area contributed by atoms with Gasteiger partial charge in [0, 0.05) is 31.8 Å². The van der Waals surface area contributed by atoms with Crippen LogP contribution in [0.1, 0.15) is 83.2 Å². The highest BCUT2D eigenvalue weighted by Crippen LogP contribution is 2.11. The summed E-state index contributed by atoms with van der Waals surface area (Å²) in [6.45, 7) is 2.26. The predicted octanol–water partition coefficient (Wildman–Crippen LogP) is 4.84. The van der Waals surface area contributed by atoms with Crippen LogP contribution in [0.2, 0.25) is 0 Å². The van der Waals surface area contributed by atoms with E-state index in [0.29, 0.717) is 12.2 Å². The molecule has 0 saturated heterocycles. The Kier molecular flexibility index (Phi) is 9.84. The molecule has 0 unspecified atom stereocenters. The molecule has 3 nitrogen and oxygen atoms in total. The van der Waals surface area contributed by atoms with Gasteiger partial charge in [-0.3, -0.25) is 9.48 Å². The monoisotopic (exact) mass is 292 g/mol. The van der Waals surface area contributed by atoms with Gasteiger partial charge in [0.1, 0.15) is 5.78 Å². The van der Waals surface area contributed by atoms with Crippen LogP contribution < -0.4 is 0 Å². The molecule has 0 N–H and O–H groups in total. The van der Waals surface area contributed by atoms with Gasteiger partial charge in [-0.2, -0.15) is 5.10 Å². The normalized spacial score (nSPS) is 11.0. The first kappa shape index (κ1) is 17.9. The summed E-state index contributed by atoms with van der Waals surface area (Å²) in [5.41, 5.74) is 1.15. The van der Waals surface area contributed by atoms with Crippen LogP contribution in [0, 0.1) is 0 Å². The van der Waals surface area contributed by atoms with E-state index >= 15 is 0 Å². The summed E-state index contributed by atoms with van der Waals surface area (Å²) in [7, 11) is 1.93. The van der Waals surface area contributed by atoms with Crippen molar-refractivity contribution in [2.45, 2.75) is 84.0 Å². The van der Waals surface area contributed by atoms with Crippen molar-refractivity contribution in [2.75, 3.05) is 0 Å². The Morgan fingerprint density at radius 1 is 1.00 bits per heavy atom. The van der Waals surface area contributed by atoms with Gasteiger partial charge in [0.15, 0.2) is 0 Å². The fourth-order valence-corrected chi connectivity index (χ4v) is 2.67. The number of aromatic nitrogens is 2.